The van der Waals surface area contributed by atoms with Gasteiger partial charge in [-0.2, -0.15) is 0 Å². The van der Waals surface area contributed by atoms with Gasteiger partial charge in [0.1, 0.15) is 11.9 Å². The molecule has 7 nitrogen and oxygen atoms in total. The third-order valence-electron chi connectivity index (χ3n) is 7.36. The van der Waals surface area contributed by atoms with Crippen molar-refractivity contribution in [1.82, 2.24) is 0 Å². The van der Waals surface area contributed by atoms with Crippen LogP contribution >= 0.6 is 0 Å². The van der Waals surface area contributed by atoms with E-state index in [0.29, 0.717) is 36.7 Å². The molecule has 2 aliphatic rings. The zero-order valence-electron chi connectivity index (χ0n) is 18.4. The van der Waals surface area contributed by atoms with E-state index < -0.39 is 40.6 Å². The summed E-state index contributed by atoms with van der Waals surface area (Å²) in [6.07, 6.45) is 0.0662. The van der Waals surface area contributed by atoms with E-state index in [1.807, 2.05) is 13.8 Å². The molecule has 0 amide bonds. The Kier molecular flexibility index (Phi) is 5.26. The van der Waals surface area contributed by atoms with Crippen LogP contribution in [0.1, 0.15) is 74.5 Å². The molecular formula is C23H30O7. The molecule has 1 saturated carbocycles. The molecule has 0 radical (unpaired) electrons. The second kappa shape index (κ2) is 7.08. The van der Waals surface area contributed by atoms with Gasteiger partial charge >= 0.3 is 11.9 Å². The lowest BCUT2D eigenvalue weighted by Crippen LogP contribution is -2.73. The Morgan fingerprint density at radius 2 is 1.77 bits per heavy atom. The lowest BCUT2D eigenvalue weighted by molar-refractivity contribution is -0.243. The number of aldehydes is 1. The molecule has 0 spiro atoms. The van der Waals surface area contributed by atoms with Crippen LogP contribution in [0.2, 0.25) is 0 Å². The largest absolute Gasteiger partial charge is 0.507 e. The number of aromatic hydroxyl groups is 1. The first-order chi connectivity index (χ1) is 13.8. The molecular weight excluding hydrogens is 388 g/mol. The van der Waals surface area contributed by atoms with Crippen molar-refractivity contribution in [3.63, 3.8) is 0 Å². The highest BCUT2D eigenvalue weighted by atomic mass is 16.6. The van der Waals surface area contributed by atoms with Crippen LogP contribution in [-0.2, 0) is 30.9 Å². The number of phenolic OH excluding ortho intramolecular Hbond substituents is 1. The van der Waals surface area contributed by atoms with Crippen molar-refractivity contribution in [1.29, 1.82) is 0 Å². The van der Waals surface area contributed by atoms with E-state index in [9.17, 15) is 24.6 Å². The molecule has 30 heavy (non-hydrogen) atoms. The Morgan fingerprint density at radius 1 is 1.17 bits per heavy atom. The molecule has 0 heterocycles. The number of aliphatic hydroxyl groups is 1. The first-order valence-electron chi connectivity index (χ1n) is 10.2. The predicted octanol–water partition coefficient (Wildman–Crippen LogP) is 2.74. The fourth-order valence-corrected chi connectivity index (χ4v) is 5.85. The fraction of sp³-hybridized carbons (Fsp3) is 0.609. The average Bonchev–Trinajstić information content (AvgIpc) is 2.61. The number of esters is 2. The van der Waals surface area contributed by atoms with Gasteiger partial charge < -0.3 is 19.7 Å². The summed E-state index contributed by atoms with van der Waals surface area (Å²) in [7, 11) is 0. The summed E-state index contributed by atoms with van der Waals surface area (Å²) in [5, 5.41) is 22.6. The van der Waals surface area contributed by atoms with Crippen LogP contribution < -0.4 is 0 Å². The van der Waals surface area contributed by atoms with E-state index in [1.54, 1.807) is 13.8 Å². The molecule has 4 atom stereocenters. The molecule has 2 aliphatic carbocycles. The molecule has 164 valence electrons. The fourth-order valence-electron chi connectivity index (χ4n) is 5.85. The maximum absolute atomic E-state index is 12.1. The second-order valence-corrected chi connectivity index (χ2v) is 9.41. The first kappa shape index (κ1) is 22.3. The molecule has 0 bridgehead atoms. The van der Waals surface area contributed by atoms with Crippen molar-refractivity contribution in [2.24, 2.45) is 5.41 Å². The van der Waals surface area contributed by atoms with Gasteiger partial charge in [-0.1, -0.05) is 13.8 Å². The number of carbonyl (C=O) groups is 3. The van der Waals surface area contributed by atoms with Crippen LogP contribution in [-0.4, -0.2) is 46.2 Å². The zero-order valence-corrected chi connectivity index (χ0v) is 18.4. The minimum absolute atomic E-state index is 0.194. The monoisotopic (exact) mass is 418 g/mol. The molecule has 4 unspecified atom stereocenters. The first-order valence-corrected chi connectivity index (χ1v) is 10.2. The van der Waals surface area contributed by atoms with Crippen LogP contribution in [0.25, 0.3) is 0 Å². The van der Waals surface area contributed by atoms with Crippen LogP contribution in [0, 0.1) is 12.3 Å². The van der Waals surface area contributed by atoms with Crippen LogP contribution in [0.5, 0.6) is 5.75 Å². The van der Waals surface area contributed by atoms with Gasteiger partial charge in [-0.25, -0.2) is 0 Å². The van der Waals surface area contributed by atoms with Crippen LogP contribution in [0.15, 0.2) is 6.07 Å². The van der Waals surface area contributed by atoms with Gasteiger partial charge in [0, 0.05) is 13.8 Å². The highest BCUT2D eigenvalue weighted by Gasteiger charge is 2.69. The van der Waals surface area contributed by atoms with Gasteiger partial charge in [0.25, 0.3) is 0 Å². The lowest BCUT2D eigenvalue weighted by Gasteiger charge is -2.64. The maximum atomic E-state index is 12.1. The summed E-state index contributed by atoms with van der Waals surface area (Å²) >= 11 is 0. The van der Waals surface area contributed by atoms with Gasteiger partial charge in [0.05, 0.1) is 16.6 Å². The quantitative estimate of drug-likeness (QED) is 0.574. The van der Waals surface area contributed by atoms with Crippen LogP contribution in [0.3, 0.4) is 0 Å². The number of phenols is 1. The summed E-state index contributed by atoms with van der Waals surface area (Å²) in [6.45, 7) is 9.92. The number of hydrogen-bond acceptors (Lipinski definition) is 7. The van der Waals surface area contributed by atoms with Crippen LogP contribution in [0.4, 0.5) is 0 Å². The Morgan fingerprint density at radius 3 is 2.30 bits per heavy atom. The number of benzene rings is 1. The Labute approximate surface area is 176 Å². The average molecular weight is 418 g/mol. The van der Waals surface area contributed by atoms with E-state index in [-0.39, 0.29) is 11.3 Å². The summed E-state index contributed by atoms with van der Waals surface area (Å²) in [4.78, 5) is 35.4. The van der Waals surface area contributed by atoms with E-state index in [1.165, 1.54) is 19.9 Å². The third-order valence-corrected chi connectivity index (χ3v) is 7.36. The van der Waals surface area contributed by atoms with Gasteiger partial charge in [-0.3, -0.25) is 14.4 Å². The molecule has 0 saturated heterocycles. The Bertz CT molecular complexity index is 919. The van der Waals surface area contributed by atoms with Crippen molar-refractivity contribution in [3.8, 4) is 5.75 Å². The van der Waals surface area contributed by atoms with Gasteiger partial charge in [-0.15, -0.1) is 0 Å². The highest BCUT2D eigenvalue weighted by molar-refractivity contribution is 5.83. The minimum Gasteiger partial charge on any atom is -0.507 e. The molecule has 0 aliphatic heterocycles. The van der Waals surface area contributed by atoms with Crippen molar-refractivity contribution in [3.05, 3.63) is 28.3 Å². The summed E-state index contributed by atoms with van der Waals surface area (Å²) < 4.78 is 11.3. The molecule has 1 aromatic carbocycles. The maximum Gasteiger partial charge on any atom is 0.303 e. The van der Waals surface area contributed by atoms with E-state index in [4.69, 9.17) is 9.47 Å². The minimum atomic E-state index is -1.31. The van der Waals surface area contributed by atoms with E-state index in [2.05, 4.69) is 0 Å². The topological polar surface area (TPSA) is 110 Å². The lowest BCUT2D eigenvalue weighted by atomic mass is 9.45. The molecule has 1 fully saturated rings. The smallest absolute Gasteiger partial charge is 0.303 e. The number of carbonyl (C=O) groups excluding carboxylic acids is 3. The zero-order chi connectivity index (χ0) is 22.6. The van der Waals surface area contributed by atoms with Crippen molar-refractivity contribution < 1.29 is 34.1 Å². The third kappa shape index (κ3) is 2.94. The van der Waals surface area contributed by atoms with Gasteiger partial charge in [0.15, 0.2) is 12.4 Å². The van der Waals surface area contributed by atoms with E-state index >= 15 is 0 Å². The summed E-state index contributed by atoms with van der Waals surface area (Å²) in [5.41, 5.74) is -0.908. The molecule has 0 aromatic heterocycles. The number of rotatable bonds is 3. The molecule has 3 rings (SSSR count). The number of fused-ring (bicyclic) bond motifs is 3. The SMILES string of the molecule is CC(=O)OC1CC(C)(C)C2(O)CCc3c(cc(O)c(C=O)c3C)C2(C)C1OC(C)=O. The highest BCUT2D eigenvalue weighted by Crippen LogP contribution is 2.61. The molecule has 7 heteroatoms. The Hall–Kier alpha value is -2.41. The summed E-state index contributed by atoms with van der Waals surface area (Å²) in [5.74, 6) is -1.26. The predicted molar refractivity (Wildman–Crippen MR) is 108 cm³/mol. The van der Waals surface area contributed by atoms with Gasteiger partial charge in [-0.05, 0) is 61.3 Å². The normalized spacial score (nSPS) is 31.8. The van der Waals surface area contributed by atoms with Crippen molar-refractivity contribution in [2.45, 2.75) is 84.0 Å². The number of hydrogen-bond donors (Lipinski definition) is 2. The molecule has 1 aromatic rings. The number of ether oxygens (including phenoxy) is 2. The van der Waals surface area contributed by atoms with Crippen molar-refractivity contribution >= 4 is 18.2 Å². The summed E-state index contributed by atoms with van der Waals surface area (Å²) in [6, 6.07) is 1.49. The van der Waals surface area contributed by atoms with E-state index in [0.717, 1.165) is 5.56 Å². The standard InChI is InChI=1S/C23H30O7/c1-12-15-7-8-23(28)21(4,5)10-19(29-13(2)25)20(30-14(3)26)22(23,6)17(15)9-18(27)16(12)11-24/h9,11,19-20,27-28H,7-8,10H2,1-6H3. The second-order valence-electron chi connectivity index (χ2n) is 9.41. The van der Waals surface area contributed by atoms with Gasteiger partial charge in [0.2, 0.25) is 0 Å². The van der Waals surface area contributed by atoms with Crippen molar-refractivity contribution in [2.75, 3.05) is 0 Å². The Balaban J connectivity index is 2.35. The molecule has 2 N–H and O–H groups in total.